The second-order valence-electron chi connectivity index (χ2n) is 3.13. The highest BCUT2D eigenvalue weighted by atomic mass is 79.9. The van der Waals surface area contributed by atoms with E-state index in [4.69, 9.17) is 0 Å². The Balaban J connectivity index is 3.12. The van der Waals surface area contributed by atoms with Gasteiger partial charge < -0.3 is 4.98 Å². The minimum Gasteiger partial charge on any atom is -0.307 e. The molecule has 0 fully saturated rings. The van der Waals surface area contributed by atoms with E-state index in [1.165, 1.54) is 0 Å². The average molecular weight is 273 g/mol. The maximum absolute atomic E-state index is 13.3. The SMILES string of the molecule is Cc1c(Br)c(F)cc2c(=O)[nH]c(=O)[nH]c12. The second kappa shape index (κ2) is 3.30. The number of aromatic amines is 2. The highest BCUT2D eigenvalue weighted by Crippen LogP contribution is 2.24. The number of nitrogens with one attached hydrogen (secondary N) is 2. The van der Waals surface area contributed by atoms with Gasteiger partial charge in [-0.2, -0.15) is 0 Å². The standard InChI is InChI=1S/C9H6BrFN2O2/c1-3-6(10)5(11)2-4-7(3)12-9(15)13-8(4)14/h2H,1H3,(H2,12,13,14,15). The van der Waals surface area contributed by atoms with E-state index >= 15 is 0 Å². The lowest BCUT2D eigenvalue weighted by molar-refractivity contribution is 0.621. The molecule has 78 valence electrons. The van der Waals surface area contributed by atoms with Crippen LogP contribution in [0.2, 0.25) is 0 Å². The maximum atomic E-state index is 13.3. The molecule has 0 saturated carbocycles. The van der Waals surface area contributed by atoms with Gasteiger partial charge in [0.05, 0.1) is 15.4 Å². The zero-order valence-corrected chi connectivity index (χ0v) is 9.24. The van der Waals surface area contributed by atoms with Gasteiger partial charge in [-0.15, -0.1) is 0 Å². The lowest BCUT2D eigenvalue weighted by atomic mass is 10.1. The molecular formula is C9H6BrFN2O2. The number of fused-ring (bicyclic) bond motifs is 1. The van der Waals surface area contributed by atoms with E-state index in [2.05, 4.69) is 20.9 Å². The number of halogens is 2. The predicted molar refractivity (Wildman–Crippen MR) is 57.6 cm³/mol. The Morgan fingerprint density at radius 1 is 1.33 bits per heavy atom. The first-order chi connectivity index (χ1) is 7.00. The molecule has 0 aliphatic heterocycles. The number of aromatic nitrogens is 2. The normalized spacial score (nSPS) is 10.9. The Bertz CT molecular complexity index is 659. The summed E-state index contributed by atoms with van der Waals surface area (Å²) in [5.74, 6) is -0.530. The van der Waals surface area contributed by atoms with Crippen molar-refractivity contribution in [1.82, 2.24) is 9.97 Å². The third-order valence-corrected chi connectivity index (χ3v) is 3.14. The molecule has 4 nitrogen and oxygen atoms in total. The summed E-state index contributed by atoms with van der Waals surface area (Å²) in [5.41, 5.74) is -0.359. The minimum absolute atomic E-state index is 0.132. The van der Waals surface area contributed by atoms with Crippen LogP contribution in [0.5, 0.6) is 0 Å². The quantitative estimate of drug-likeness (QED) is 0.762. The first-order valence-electron chi connectivity index (χ1n) is 4.11. The Hall–Kier alpha value is -1.43. The summed E-state index contributed by atoms with van der Waals surface area (Å²) in [7, 11) is 0. The van der Waals surface area contributed by atoms with Crippen molar-refractivity contribution in [2.24, 2.45) is 0 Å². The van der Waals surface area contributed by atoms with Crippen molar-refractivity contribution in [3.63, 3.8) is 0 Å². The first-order valence-corrected chi connectivity index (χ1v) is 4.91. The summed E-state index contributed by atoms with van der Waals surface area (Å²) in [4.78, 5) is 26.9. The Morgan fingerprint density at radius 3 is 2.67 bits per heavy atom. The molecule has 0 bridgehead atoms. The molecule has 1 heterocycles. The van der Waals surface area contributed by atoms with Crippen molar-refractivity contribution in [2.45, 2.75) is 6.92 Å². The maximum Gasteiger partial charge on any atom is 0.326 e. The van der Waals surface area contributed by atoms with Gasteiger partial charge in [0.2, 0.25) is 0 Å². The zero-order chi connectivity index (χ0) is 11.2. The lowest BCUT2D eigenvalue weighted by Gasteiger charge is -2.04. The fourth-order valence-corrected chi connectivity index (χ4v) is 1.72. The molecule has 2 N–H and O–H groups in total. The molecule has 0 aliphatic carbocycles. The predicted octanol–water partition coefficient (Wildman–Crippen LogP) is 1.43. The van der Waals surface area contributed by atoms with Crippen LogP contribution >= 0.6 is 15.9 Å². The highest BCUT2D eigenvalue weighted by molar-refractivity contribution is 9.10. The van der Waals surface area contributed by atoms with E-state index in [1.807, 2.05) is 4.98 Å². The van der Waals surface area contributed by atoms with Crippen LogP contribution in [0.25, 0.3) is 10.9 Å². The summed E-state index contributed by atoms with van der Waals surface area (Å²) in [6, 6.07) is 1.08. The minimum atomic E-state index is -0.603. The monoisotopic (exact) mass is 272 g/mol. The third-order valence-electron chi connectivity index (χ3n) is 2.16. The average Bonchev–Trinajstić information content (AvgIpc) is 2.17. The molecule has 0 unspecified atom stereocenters. The van der Waals surface area contributed by atoms with Crippen LogP contribution in [0.3, 0.4) is 0 Å². The van der Waals surface area contributed by atoms with Crippen LogP contribution in [0.15, 0.2) is 20.1 Å². The molecule has 0 saturated heterocycles. The van der Waals surface area contributed by atoms with Crippen molar-refractivity contribution >= 4 is 26.8 Å². The van der Waals surface area contributed by atoms with E-state index in [9.17, 15) is 14.0 Å². The molecule has 1 aromatic carbocycles. The highest BCUT2D eigenvalue weighted by Gasteiger charge is 2.10. The van der Waals surface area contributed by atoms with E-state index in [0.717, 1.165) is 6.07 Å². The molecule has 1 aromatic heterocycles. The molecule has 2 aromatic rings. The first kappa shape index (κ1) is 10.1. The topological polar surface area (TPSA) is 65.7 Å². The van der Waals surface area contributed by atoms with E-state index in [1.54, 1.807) is 6.92 Å². The summed E-state index contributed by atoms with van der Waals surface area (Å²) >= 11 is 3.04. The number of H-pyrrole nitrogens is 2. The zero-order valence-electron chi connectivity index (χ0n) is 7.65. The van der Waals surface area contributed by atoms with Gasteiger partial charge in [-0.05, 0) is 34.5 Å². The fraction of sp³-hybridized carbons (Fsp3) is 0.111. The van der Waals surface area contributed by atoms with Gasteiger partial charge in [-0.25, -0.2) is 9.18 Å². The fourth-order valence-electron chi connectivity index (χ4n) is 1.41. The molecule has 15 heavy (non-hydrogen) atoms. The number of benzene rings is 1. The number of hydrogen-bond acceptors (Lipinski definition) is 2. The van der Waals surface area contributed by atoms with Gasteiger partial charge in [0.1, 0.15) is 5.82 Å². The third kappa shape index (κ3) is 1.50. The van der Waals surface area contributed by atoms with Crippen LogP contribution in [-0.4, -0.2) is 9.97 Å². The van der Waals surface area contributed by atoms with Crippen molar-refractivity contribution in [2.75, 3.05) is 0 Å². The van der Waals surface area contributed by atoms with E-state index in [0.29, 0.717) is 11.1 Å². The molecule has 0 spiro atoms. The summed E-state index contributed by atoms with van der Waals surface area (Å²) in [5, 5.41) is 0.132. The van der Waals surface area contributed by atoms with Gasteiger partial charge in [0, 0.05) is 0 Å². The number of aryl methyl sites for hydroxylation is 1. The smallest absolute Gasteiger partial charge is 0.307 e. The summed E-state index contributed by atoms with van der Waals surface area (Å²) in [6.07, 6.45) is 0. The Labute approximate surface area is 91.3 Å². The molecule has 2 rings (SSSR count). The van der Waals surface area contributed by atoms with Gasteiger partial charge in [-0.3, -0.25) is 9.78 Å². The van der Waals surface area contributed by atoms with Crippen molar-refractivity contribution < 1.29 is 4.39 Å². The van der Waals surface area contributed by atoms with E-state index in [-0.39, 0.29) is 9.86 Å². The molecule has 0 atom stereocenters. The van der Waals surface area contributed by atoms with Crippen LogP contribution in [-0.2, 0) is 0 Å². The van der Waals surface area contributed by atoms with Crippen LogP contribution < -0.4 is 11.2 Å². The van der Waals surface area contributed by atoms with Crippen molar-refractivity contribution in [3.8, 4) is 0 Å². The Morgan fingerprint density at radius 2 is 2.00 bits per heavy atom. The lowest BCUT2D eigenvalue weighted by Crippen LogP contribution is -2.22. The van der Waals surface area contributed by atoms with Gasteiger partial charge in [0.15, 0.2) is 0 Å². The van der Waals surface area contributed by atoms with Crippen LogP contribution in [0.1, 0.15) is 5.56 Å². The molecular weight excluding hydrogens is 267 g/mol. The van der Waals surface area contributed by atoms with Crippen molar-refractivity contribution in [3.05, 3.63) is 42.8 Å². The number of rotatable bonds is 0. The number of hydrogen-bond donors (Lipinski definition) is 2. The molecule has 0 radical (unpaired) electrons. The second-order valence-corrected chi connectivity index (χ2v) is 3.92. The molecule has 6 heteroatoms. The van der Waals surface area contributed by atoms with Gasteiger partial charge in [0.25, 0.3) is 5.56 Å². The van der Waals surface area contributed by atoms with Gasteiger partial charge in [-0.1, -0.05) is 0 Å². The molecule has 0 amide bonds. The van der Waals surface area contributed by atoms with Crippen LogP contribution in [0.4, 0.5) is 4.39 Å². The largest absolute Gasteiger partial charge is 0.326 e. The van der Waals surface area contributed by atoms with Crippen molar-refractivity contribution in [1.29, 1.82) is 0 Å². The molecule has 0 aliphatic rings. The van der Waals surface area contributed by atoms with Gasteiger partial charge >= 0.3 is 5.69 Å². The summed E-state index contributed by atoms with van der Waals surface area (Å²) < 4.78 is 13.5. The van der Waals surface area contributed by atoms with E-state index < -0.39 is 17.1 Å². The Kier molecular flexibility index (Phi) is 2.22. The van der Waals surface area contributed by atoms with Crippen LogP contribution in [0, 0.1) is 12.7 Å². The summed E-state index contributed by atoms with van der Waals surface area (Å²) in [6.45, 7) is 1.62.